The predicted molar refractivity (Wildman–Crippen MR) is 92.7 cm³/mol. The zero-order valence-corrected chi connectivity index (χ0v) is 13.9. The minimum Gasteiger partial charge on any atom is -0.487 e. The van der Waals surface area contributed by atoms with Crippen LogP contribution in [-0.2, 0) is 6.42 Å². The van der Waals surface area contributed by atoms with E-state index in [1.54, 1.807) is 13.0 Å². The van der Waals surface area contributed by atoms with E-state index in [0.29, 0.717) is 18.7 Å². The van der Waals surface area contributed by atoms with Crippen LogP contribution in [0, 0.1) is 20.2 Å². The van der Waals surface area contributed by atoms with Gasteiger partial charge in [-0.25, -0.2) is 0 Å². The second-order valence-corrected chi connectivity index (χ2v) is 5.65. The van der Waals surface area contributed by atoms with Gasteiger partial charge in [-0.15, -0.1) is 0 Å². The number of benzene rings is 2. The van der Waals surface area contributed by atoms with Gasteiger partial charge in [0.05, 0.1) is 22.1 Å². The molecular formula is C17H15N3O6. The molecule has 0 aromatic heterocycles. The molecule has 2 aromatic carbocycles. The second-order valence-electron chi connectivity index (χ2n) is 5.65. The molecule has 0 unspecified atom stereocenters. The third-order valence-electron chi connectivity index (χ3n) is 4.12. The summed E-state index contributed by atoms with van der Waals surface area (Å²) in [6.07, 6.45) is 0.568. The van der Waals surface area contributed by atoms with Gasteiger partial charge in [-0.2, -0.15) is 0 Å². The number of nitrogens with zero attached hydrogens (tertiary/aromatic N) is 3. The summed E-state index contributed by atoms with van der Waals surface area (Å²) in [5, 5.41) is 22.2. The van der Waals surface area contributed by atoms with Crippen LogP contribution in [-0.4, -0.2) is 28.9 Å². The molecule has 0 atom stereocenters. The fraction of sp³-hybridized carbons (Fsp3) is 0.235. The Balaban J connectivity index is 1.97. The van der Waals surface area contributed by atoms with E-state index in [4.69, 9.17) is 4.74 Å². The van der Waals surface area contributed by atoms with E-state index in [-0.39, 0.29) is 29.3 Å². The van der Waals surface area contributed by atoms with Crippen molar-refractivity contribution in [2.24, 2.45) is 0 Å². The lowest BCUT2D eigenvalue weighted by molar-refractivity contribution is -0.385. The van der Waals surface area contributed by atoms with Crippen molar-refractivity contribution in [2.75, 3.05) is 18.1 Å². The number of non-ortho nitro benzene ring substituents is 1. The van der Waals surface area contributed by atoms with Crippen LogP contribution in [0.15, 0.2) is 36.4 Å². The van der Waals surface area contributed by atoms with Crippen LogP contribution in [0.4, 0.5) is 17.1 Å². The van der Waals surface area contributed by atoms with Gasteiger partial charge in [0.25, 0.3) is 11.6 Å². The van der Waals surface area contributed by atoms with Crippen LogP contribution in [0.25, 0.3) is 0 Å². The first-order valence-electron chi connectivity index (χ1n) is 7.92. The van der Waals surface area contributed by atoms with E-state index in [1.165, 1.54) is 35.2 Å². The summed E-state index contributed by atoms with van der Waals surface area (Å²) < 4.78 is 5.22. The standard InChI is InChI=1S/C17H15N3O6/c1-2-26-16-6-4-12(9-15(16)20(24)25)17(21)18-8-7-11-3-5-13(19(22)23)10-14(11)18/h3-6,9-10H,2,7-8H2,1H3. The highest BCUT2D eigenvalue weighted by atomic mass is 16.6. The smallest absolute Gasteiger partial charge is 0.311 e. The number of fused-ring (bicyclic) bond motifs is 1. The Morgan fingerprint density at radius 1 is 1.15 bits per heavy atom. The van der Waals surface area contributed by atoms with Gasteiger partial charge in [0.1, 0.15) is 0 Å². The molecule has 26 heavy (non-hydrogen) atoms. The second kappa shape index (κ2) is 6.79. The molecule has 0 bridgehead atoms. The summed E-state index contributed by atoms with van der Waals surface area (Å²) in [7, 11) is 0. The number of nitro groups is 2. The van der Waals surface area contributed by atoms with E-state index in [0.717, 1.165) is 5.56 Å². The summed E-state index contributed by atoms with van der Waals surface area (Å²) in [6.45, 7) is 2.32. The third-order valence-corrected chi connectivity index (χ3v) is 4.12. The number of hydrogen-bond donors (Lipinski definition) is 0. The van der Waals surface area contributed by atoms with Crippen molar-refractivity contribution in [1.82, 2.24) is 0 Å². The Labute approximate surface area is 148 Å². The largest absolute Gasteiger partial charge is 0.487 e. The summed E-state index contributed by atoms with van der Waals surface area (Å²) in [4.78, 5) is 35.3. The fourth-order valence-corrected chi connectivity index (χ4v) is 2.92. The Kier molecular flexibility index (Phi) is 4.53. The average molecular weight is 357 g/mol. The summed E-state index contributed by atoms with van der Waals surface area (Å²) in [5.41, 5.74) is 1.00. The molecule has 1 amide bonds. The number of amides is 1. The maximum absolute atomic E-state index is 12.8. The first-order chi connectivity index (χ1) is 12.4. The molecule has 0 spiro atoms. The van der Waals surface area contributed by atoms with Crippen LogP contribution in [0.2, 0.25) is 0 Å². The van der Waals surface area contributed by atoms with E-state index >= 15 is 0 Å². The third kappa shape index (κ3) is 3.06. The van der Waals surface area contributed by atoms with Crippen molar-refractivity contribution in [2.45, 2.75) is 13.3 Å². The first-order valence-corrected chi connectivity index (χ1v) is 7.92. The van der Waals surface area contributed by atoms with Gasteiger partial charge in [-0.1, -0.05) is 6.07 Å². The number of carbonyl (C=O) groups is 1. The van der Waals surface area contributed by atoms with E-state index in [1.807, 2.05) is 0 Å². The van der Waals surface area contributed by atoms with Gasteiger partial charge in [-0.3, -0.25) is 25.0 Å². The molecule has 0 saturated carbocycles. The topological polar surface area (TPSA) is 116 Å². The Hall–Kier alpha value is -3.49. The van der Waals surface area contributed by atoms with Gasteiger partial charge in [0, 0.05) is 30.3 Å². The molecule has 0 aliphatic carbocycles. The highest BCUT2D eigenvalue weighted by molar-refractivity contribution is 6.08. The molecule has 1 aliphatic heterocycles. The molecule has 1 aliphatic rings. The highest BCUT2D eigenvalue weighted by Crippen LogP contribution is 2.34. The van der Waals surface area contributed by atoms with Crippen molar-refractivity contribution in [3.05, 3.63) is 67.8 Å². The predicted octanol–water partition coefficient (Wildman–Crippen LogP) is 3.10. The number of rotatable bonds is 5. The molecule has 9 nitrogen and oxygen atoms in total. The fourth-order valence-electron chi connectivity index (χ4n) is 2.92. The van der Waals surface area contributed by atoms with Crippen LogP contribution in [0.3, 0.4) is 0 Å². The number of anilines is 1. The van der Waals surface area contributed by atoms with Gasteiger partial charge in [-0.05, 0) is 31.0 Å². The lowest BCUT2D eigenvalue weighted by Gasteiger charge is -2.17. The molecule has 0 fully saturated rings. The lowest BCUT2D eigenvalue weighted by atomic mass is 10.1. The minimum atomic E-state index is -0.607. The maximum Gasteiger partial charge on any atom is 0.311 e. The van der Waals surface area contributed by atoms with Crippen molar-refractivity contribution >= 4 is 23.0 Å². The molecule has 134 valence electrons. The number of ether oxygens (including phenoxy) is 1. The Morgan fingerprint density at radius 3 is 2.58 bits per heavy atom. The maximum atomic E-state index is 12.8. The molecule has 1 heterocycles. The Bertz CT molecular complexity index is 911. The van der Waals surface area contributed by atoms with Crippen LogP contribution in [0.1, 0.15) is 22.8 Å². The van der Waals surface area contributed by atoms with Gasteiger partial charge in [0.2, 0.25) is 0 Å². The molecular weight excluding hydrogens is 342 g/mol. The zero-order valence-electron chi connectivity index (χ0n) is 13.9. The molecule has 3 rings (SSSR count). The minimum absolute atomic E-state index is 0.0894. The number of nitro benzene ring substituents is 2. The molecule has 0 N–H and O–H groups in total. The van der Waals surface area contributed by atoms with Crippen LogP contribution in [0.5, 0.6) is 5.75 Å². The number of hydrogen-bond acceptors (Lipinski definition) is 6. The number of carbonyl (C=O) groups excluding carboxylic acids is 1. The highest BCUT2D eigenvalue weighted by Gasteiger charge is 2.29. The first kappa shape index (κ1) is 17.3. The quantitative estimate of drug-likeness (QED) is 0.599. The lowest BCUT2D eigenvalue weighted by Crippen LogP contribution is -2.29. The van der Waals surface area contributed by atoms with Crippen LogP contribution >= 0.6 is 0 Å². The van der Waals surface area contributed by atoms with Crippen molar-refractivity contribution in [3.8, 4) is 5.75 Å². The monoisotopic (exact) mass is 357 g/mol. The summed E-state index contributed by atoms with van der Waals surface area (Å²) in [6, 6.07) is 8.39. The van der Waals surface area contributed by atoms with Crippen molar-refractivity contribution in [3.63, 3.8) is 0 Å². The molecule has 9 heteroatoms. The molecule has 0 radical (unpaired) electrons. The van der Waals surface area contributed by atoms with Crippen molar-refractivity contribution in [1.29, 1.82) is 0 Å². The molecule has 2 aromatic rings. The summed E-state index contributed by atoms with van der Waals surface area (Å²) in [5.74, 6) is -0.359. The van der Waals surface area contributed by atoms with E-state index in [9.17, 15) is 25.0 Å². The molecule has 0 saturated heterocycles. The van der Waals surface area contributed by atoms with Gasteiger partial charge in [0.15, 0.2) is 5.75 Å². The van der Waals surface area contributed by atoms with Gasteiger partial charge >= 0.3 is 5.69 Å². The normalized spacial score (nSPS) is 12.6. The summed E-state index contributed by atoms with van der Waals surface area (Å²) >= 11 is 0. The average Bonchev–Trinajstić information content (AvgIpc) is 3.04. The van der Waals surface area contributed by atoms with Gasteiger partial charge < -0.3 is 9.64 Å². The van der Waals surface area contributed by atoms with Crippen LogP contribution < -0.4 is 9.64 Å². The van der Waals surface area contributed by atoms with E-state index in [2.05, 4.69) is 0 Å². The SMILES string of the molecule is CCOc1ccc(C(=O)N2CCc3ccc([N+](=O)[O-])cc32)cc1[N+](=O)[O-]. The van der Waals surface area contributed by atoms with E-state index < -0.39 is 15.8 Å². The zero-order chi connectivity index (χ0) is 18.8. The Morgan fingerprint density at radius 2 is 1.92 bits per heavy atom. The van der Waals surface area contributed by atoms with Crippen molar-refractivity contribution < 1.29 is 19.4 Å².